The summed E-state index contributed by atoms with van der Waals surface area (Å²) in [7, 11) is 3.52. The smallest absolute Gasteiger partial charge is 0.253 e. The van der Waals surface area contributed by atoms with Crippen LogP contribution in [0.3, 0.4) is 0 Å². The third-order valence-corrected chi connectivity index (χ3v) is 5.34. The molecule has 1 saturated heterocycles. The molecule has 27 heavy (non-hydrogen) atoms. The minimum Gasteiger partial charge on any atom is -0.348 e. The fraction of sp³-hybridized carbons (Fsp3) is 0.550. The number of hydrogen-bond acceptors (Lipinski definition) is 4. The first-order valence-corrected chi connectivity index (χ1v) is 9.49. The largest absolute Gasteiger partial charge is 0.348 e. The Morgan fingerprint density at radius 1 is 1.04 bits per heavy atom. The molecule has 7 heteroatoms. The number of amides is 3. The Morgan fingerprint density at radius 3 is 2.52 bits per heavy atom. The highest BCUT2D eigenvalue weighted by Gasteiger charge is 2.26. The van der Waals surface area contributed by atoms with Crippen LogP contribution in [-0.2, 0) is 16.0 Å². The van der Waals surface area contributed by atoms with E-state index < -0.39 is 0 Å². The SMILES string of the molecule is CC(=O)N1CCc2cc(C(=O)N3CCCN(CC(=O)N(C)C)CC3)ccc21. The summed E-state index contributed by atoms with van der Waals surface area (Å²) in [5, 5.41) is 0. The van der Waals surface area contributed by atoms with Crippen molar-refractivity contribution < 1.29 is 14.4 Å². The lowest BCUT2D eigenvalue weighted by Crippen LogP contribution is -2.39. The third kappa shape index (κ3) is 4.30. The van der Waals surface area contributed by atoms with Crippen molar-refractivity contribution in [1.82, 2.24) is 14.7 Å². The molecule has 3 rings (SSSR count). The monoisotopic (exact) mass is 372 g/mol. The molecule has 7 nitrogen and oxygen atoms in total. The summed E-state index contributed by atoms with van der Waals surface area (Å²) >= 11 is 0. The van der Waals surface area contributed by atoms with Crippen molar-refractivity contribution in [1.29, 1.82) is 0 Å². The van der Waals surface area contributed by atoms with Crippen LogP contribution in [0.15, 0.2) is 18.2 Å². The Hall–Kier alpha value is -2.41. The zero-order valence-corrected chi connectivity index (χ0v) is 16.4. The van der Waals surface area contributed by atoms with E-state index in [1.165, 1.54) is 0 Å². The standard InChI is InChI=1S/C20H28N4O3/c1-15(25)24-10-7-16-13-17(5-6-18(16)24)20(27)23-9-4-8-22(11-12-23)14-19(26)21(2)3/h5-6,13H,4,7-12,14H2,1-3H3. The van der Waals surface area contributed by atoms with Crippen molar-refractivity contribution in [3.05, 3.63) is 29.3 Å². The zero-order chi connectivity index (χ0) is 19.6. The molecule has 3 amide bonds. The van der Waals surface area contributed by atoms with Gasteiger partial charge in [-0.15, -0.1) is 0 Å². The lowest BCUT2D eigenvalue weighted by atomic mass is 10.1. The van der Waals surface area contributed by atoms with Gasteiger partial charge in [-0.3, -0.25) is 19.3 Å². The molecule has 0 N–H and O–H groups in total. The van der Waals surface area contributed by atoms with E-state index >= 15 is 0 Å². The minimum atomic E-state index is 0.0276. The van der Waals surface area contributed by atoms with E-state index in [0.717, 1.165) is 30.6 Å². The van der Waals surface area contributed by atoms with E-state index in [9.17, 15) is 14.4 Å². The van der Waals surface area contributed by atoms with Gasteiger partial charge in [0, 0.05) is 65.0 Å². The molecular formula is C20H28N4O3. The van der Waals surface area contributed by atoms with Crippen LogP contribution in [0.1, 0.15) is 29.3 Å². The van der Waals surface area contributed by atoms with Crippen molar-refractivity contribution in [3.63, 3.8) is 0 Å². The van der Waals surface area contributed by atoms with Crippen LogP contribution < -0.4 is 4.90 Å². The molecule has 0 atom stereocenters. The van der Waals surface area contributed by atoms with Gasteiger partial charge >= 0.3 is 0 Å². The van der Waals surface area contributed by atoms with E-state index in [4.69, 9.17) is 0 Å². The topological polar surface area (TPSA) is 64.2 Å². The molecule has 0 spiro atoms. The molecule has 2 aliphatic rings. The fourth-order valence-electron chi connectivity index (χ4n) is 3.71. The first-order valence-electron chi connectivity index (χ1n) is 9.49. The normalized spacial score (nSPS) is 17.4. The lowest BCUT2D eigenvalue weighted by molar-refractivity contribution is -0.129. The van der Waals surface area contributed by atoms with E-state index in [2.05, 4.69) is 4.90 Å². The summed E-state index contributed by atoms with van der Waals surface area (Å²) in [5.74, 6) is 0.149. The van der Waals surface area contributed by atoms with E-state index in [1.54, 1.807) is 30.8 Å². The number of anilines is 1. The average Bonchev–Trinajstić information content (AvgIpc) is 2.93. The summed E-state index contributed by atoms with van der Waals surface area (Å²) in [6.07, 6.45) is 1.64. The molecule has 0 aromatic heterocycles. The van der Waals surface area contributed by atoms with E-state index in [1.807, 2.05) is 23.1 Å². The number of benzene rings is 1. The highest BCUT2D eigenvalue weighted by Crippen LogP contribution is 2.29. The highest BCUT2D eigenvalue weighted by atomic mass is 16.2. The molecular weight excluding hydrogens is 344 g/mol. The second-order valence-corrected chi connectivity index (χ2v) is 7.47. The molecule has 2 aliphatic heterocycles. The lowest BCUT2D eigenvalue weighted by Gasteiger charge is -2.23. The third-order valence-electron chi connectivity index (χ3n) is 5.34. The van der Waals surface area contributed by atoms with Crippen LogP contribution in [0.25, 0.3) is 0 Å². The number of carbonyl (C=O) groups is 3. The maximum atomic E-state index is 13.0. The number of fused-ring (bicyclic) bond motifs is 1. The molecule has 146 valence electrons. The van der Waals surface area contributed by atoms with Crippen LogP contribution in [0.4, 0.5) is 5.69 Å². The predicted octanol–water partition coefficient (Wildman–Crippen LogP) is 0.832. The maximum Gasteiger partial charge on any atom is 0.253 e. The van der Waals surface area contributed by atoms with Gasteiger partial charge in [-0.1, -0.05) is 0 Å². The number of hydrogen-bond donors (Lipinski definition) is 0. The molecule has 0 radical (unpaired) electrons. The van der Waals surface area contributed by atoms with Crippen molar-refractivity contribution >= 4 is 23.4 Å². The molecule has 0 saturated carbocycles. The Kier molecular flexibility index (Phi) is 5.79. The van der Waals surface area contributed by atoms with Crippen LogP contribution in [0.2, 0.25) is 0 Å². The van der Waals surface area contributed by atoms with Crippen molar-refractivity contribution in [2.24, 2.45) is 0 Å². The van der Waals surface area contributed by atoms with Crippen LogP contribution in [0, 0.1) is 0 Å². The molecule has 2 heterocycles. The Bertz CT molecular complexity index is 747. The first kappa shape index (κ1) is 19.4. The predicted molar refractivity (Wildman–Crippen MR) is 104 cm³/mol. The highest BCUT2D eigenvalue weighted by molar-refractivity contribution is 5.98. The first-order chi connectivity index (χ1) is 12.9. The van der Waals surface area contributed by atoms with Crippen LogP contribution >= 0.6 is 0 Å². The molecule has 0 unspecified atom stereocenters. The summed E-state index contributed by atoms with van der Waals surface area (Å²) in [5.41, 5.74) is 2.66. The van der Waals surface area contributed by atoms with Gasteiger partial charge < -0.3 is 14.7 Å². The van der Waals surface area contributed by atoms with Crippen molar-refractivity contribution in [2.75, 3.05) is 58.3 Å². The van der Waals surface area contributed by atoms with Gasteiger partial charge in [0.15, 0.2) is 0 Å². The molecule has 1 aromatic rings. The van der Waals surface area contributed by atoms with Crippen molar-refractivity contribution in [3.8, 4) is 0 Å². The second kappa shape index (κ2) is 8.08. The van der Waals surface area contributed by atoms with E-state index in [-0.39, 0.29) is 17.7 Å². The van der Waals surface area contributed by atoms with Gasteiger partial charge in [0.25, 0.3) is 5.91 Å². The van der Waals surface area contributed by atoms with Crippen LogP contribution in [0.5, 0.6) is 0 Å². The maximum absolute atomic E-state index is 13.0. The van der Waals surface area contributed by atoms with Gasteiger partial charge in [0.05, 0.1) is 6.54 Å². The molecule has 0 aliphatic carbocycles. The van der Waals surface area contributed by atoms with Gasteiger partial charge in [0.1, 0.15) is 0 Å². The number of likely N-dealkylation sites (N-methyl/N-ethyl adjacent to an activating group) is 1. The Labute approximate surface area is 160 Å². The van der Waals surface area contributed by atoms with Crippen molar-refractivity contribution in [2.45, 2.75) is 19.8 Å². The fourth-order valence-corrected chi connectivity index (χ4v) is 3.71. The zero-order valence-electron chi connectivity index (χ0n) is 16.4. The molecule has 1 aromatic carbocycles. The molecule has 0 bridgehead atoms. The quantitative estimate of drug-likeness (QED) is 0.789. The van der Waals surface area contributed by atoms with Gasteiger partial charge in [-0.25, -0.2) is 0 Å². The van der Waals surface area contributed by atoms with Crippen LogP contribution in [-0.4, -0.2) is 85.8 Å². The van der Waals surface area contributed by atoms with Gasteiger partial charge in [-0.05, 0) is 36.6 Å². The summed E-state index contributed by atoms with van der Waals surface area (Å²) in [6, 6.07) is 5.64. The number of rotatable bonds is 3. The minimum absolute atomic E-state index is 0.0276. The number of nitrogens with zero attached hydrogens (tertiary/aromatic N) is 4. The summed E-state index contributed by atoms with van der Waals surface area (Å²) < 4.78 is 0. The van der Waals surface area contributed by atoms with Gasteiger partial charge in [0.2, 0.25) is 11.8 Å². The summed E-state index contributed by atoms with van der Waals surface area (Å²) in [6.45, 7) is 5.49. The van der Waals surface area contributed by atoms with Gasteiger partial charge in [-0.2, -0.15) is 0 Å². The summed E-state index contributed by atoms with van der Waals surface area (Å²) in [4.78, 5) is 43.9. The second-order valence-electron chi connectivity index (χ2n) is 7.47. The Morgan fingerprint density at radius 2 is 1.81 bits per heavy atom. The average molecular weight is 372 g/mol. The molecule has 1 fully saturated rings. The Balaban J connectivity index is 1.65. The van der Waals surface area contributed by atoms with E-state index in [0.29, 0.717) is 38.3 Å². The number of carbonyl (C=O) groups excluding carboxylic acids is 3.